The van der Waals surface area contributed by atoms with Crippen molar-refractivity contribution in [3.63, 3.8) is 0 Å². The van der Waals surface area contributed by atoms with E-state index in [-0.39, 0.29) is 4.88 Å². The highest BCUT2D eigenvalue weighted by Crippen LogP contribution is 2.21. The second-order valence-electron chi connectivity index (χ2n) is 3.77. The lowest BCUT2D eigenvalue weighted by Gasteiger charge is -2.07. The smallest absolute Gasteiger partial charge is 0.346 e. The highest BCUT2D eigenvalue weighted by Gasteiger charge is 2.07. The lowest BCUT2D eigenvalue weighted by molar-refractivity contribution is 0.0701. The van der Waals surface area contributed by atoms with Gasteiger partial charge in [0.1, 0.15) is 17.2 Å². The Balaban J connectivity index is 2.19. The van der Waals surface area contributed by atoms with Crippen molar-refractivity contribution in [2.24, 2.45) is 5.92 Å². The van der Waals surface area contributed by atoms with Gasteiger partial charge in [-0.05, 0) is 5.92 Å². The van der Waals surface area contributed by atoms with Crippen LogP contribution in [0.15, 0.2) is 11.4 Å². The molecule has 0 unspecified atom stereocenters. The molecule has 4 nitrogen and oxygen atoms in total. The van der Waals surface area contributed by atoms with Gasteiger partial charge in [0.25, 0.3) is 0 Å². The highest BCUT2D eigenvalue weighted by atomic mass is 32.1. The zero-order valence-corrected chi connectivity index (χ0v) is 10.3. The van der Waals surface area contributed by atoms with Crippen LogP contribution in [-0.2, 0) is 4.74 Å². The molecule has 90 valence electrons. The van der Waals surface area contributed by atoms with E-state index in [9.17, 15) is 4.79 Å². The Morgan fingerprint density at radius 3 is 2.81 bits per heavy atom. The molecule has 0 aromatic carbocycles. The number of aromatic carboxylic acids is 1. The molecule has 1 aromatic rings. The Bertz CT molecular complexity index is 332. The molecule has 0 fully saturated rings. The quantitative estimate of drug-likeness (QED) is 0.749. The molecule has 0 saturated carbocycles. The molecule has 1 rings (SSSR count). The highest BCUT2D eigenvalue weighted by molar-refractivity contribution is 7.12. The van der Waals surface area contributed by atoms with Crippen LogP contribution in [-0.4, -0.2) is 30.9 Å². The summed E-state index contributed by atoms with van der Waals surface area (Å²) in [6.45, 7) is 5.85. The van der Waals surface area contributed by atoms with Gasteiger partial charge < -0.3 is 14.6 Å². The second kappa shape index (κ2) is 6.50. The predicted molar refractivity (Wildman–Crippen MR) is 62.4 cm³/mol. The van der Waals surface area contributed by atoms with Crippen LogP contribution in [0.4, 0.5) is 0 Å². The van der Waals surface area contributed by atoms with Gasteiger partial charge in [-0.1, -0.05) is 13.8 Å². The first-order valence-corrected chi connectivity index (χ1v) is 6.00. The van der Waals surface area contributed by atoms with Gasteiger partial charge in [0.2, 0.25) is 0 Å². The van der Waals surface area contributed by atoms with Crippen LogP contribution in [0.2, 0.25) is 0 Å². The molecule has 0 spiro atoms. The predicted octanol–water partition coefficient (Wildman–Crippen LogP) is 2.50. The summed E-state index contributed by atoms with van der Waals surface area (Å²) in [5.41, 5.74) is 0. The largest absolute Gasteiger partial charge is 0.490 e. The van der Waals surface area contributed by atoms with Crippen LogP contribution in [0.5, 0.6) is 5.75 Å². The molecule has 0 aliphatic carbocycles. The van der Waals surface area contributed by atoms with E-state index in [1.165, 1.54) is 6.07 Å². The normalized spacial score (nSPS) is 10.7. The minimum atomic E-state index is -0.920. The van der Waals surface area contributed by atoms with Crippen molar-refractivity contribution in [3.8, 4) is 5.75 Å². The van der Waals surface area contributed by atoms with Crippen molar-refractivity contribution in [3.05, 3.63) is 16.3 Å². The Hall–Kier alpha value is -1.07. The lowest BCUT2D eigenvalue weighted by atomic mass is 10.2. The van der Waals surface area contributed by atoms with Gasteiger partial charge >= 0.3 is 5.97 Å². The van der Waals surface area contributed by atoms with Crippen molar-refractivity contribution < 1.29 is 19.4 Å². The minimum Gasteiger partial charge on any atom is -0.490 e. The first-order chi connectivity index (χ1) is 7.59. The summed E-state index contributed by atoms with van der Waals surface area (Å²) in [7, 11) is 0. The van der Waals surface area contributed by atoms with Crippen LogP contribution in [0.1, 0.15) is 23.5 Å². The third kappa shape index (κ3) is 4.63. The van der Waals surface area contributed by atoms with E-state index in [0.29, 0.717) is 31.5 Å². The molecule has 0 aliphatic heterocycles. The Morgan fingerprint density at radius 1 is 1.50 bits per heavy atom. The minimum absolute atomic E-state index is 0.290. The average Bonchev–Trinajstić information content (AvgIpc) is 2.65. The van der Waals surface area contributed by atoms with Gasteiger partial charge in [0, 0.05) is 18.1 Å². The van der Waals surface area contributed by atoms with Crippen molar-refractivity contribution in [2.75, 3.05) is 19.8 Å². The molecule has 5 heteroatoms. The second-order valence-corrected chi connectivity index (χ2v) is 4.68. The number of thiophene rings is 1. The number of carboxylic acids is 1. The van der Waals surface area contributed by atoms with Crippen molar-refractivity contribution in [2.45, 2.75) is 13.8 Å². The number of carboxylic acid groups (broad SMARTS) is 1. The fourth-order valence-corrected chi connectivity index (χ4v) is 1.71. The standard InChI is InChI=1S/C11H16O4S/c1-8(2)6-14-3-4-15-9-5-10(11(12)13)16-7-9/h5,7-8H,3-4,6H2,1-2H3,(H,12,13). The third-order valence-corrected chi connectivity index (χ3v) is 2.63. The van der Waals surface area contributed by atoms with E-state index in [2.05, 4.69) is 13.8 Å². The molecule has 0 aliphatic rings. The van der Waals surface area contributed by atoms with Crippen LogP contribution in [0.25, 0.3) is 0 Å². The summed E-state index contributed by atoms with van der Waals surface area (Å²) < 4.78 is 10.7. The van der Waals surface area contributed by atoms with E-state index >= 15 is 0 Å². The average molecular weight is 244 g/mol. The number of rotatable bonds is 7. The number of hydrogen-bond acceptors (Lipinski definition) is 4. The summed E-state index contributed by atoms with van der Waals surface area (Å²) in [6, 6.07) is 1.52. The zero-order valence-electron chi connectivity index (χ0n) is 9.43. The number of carbonyl (C=O) groups is 1. The van der Waals surface area contributed by atoms with Gasteiger partial charge in [-0.15, -0.1) is 11.3 Å². The molecule has 1 aromatic heterocycles. The summed E-state index contributed by atoms with van der Waals surface area (Å²) >= 11 is 1.16. The van der Waals surface area contributed by atoms with E-state index in [1.54, 1.807) is 5.38 Å². The maximum absolute atomic E-state index is 10.6. The lowest BCUT2D eigenvalue weighted by Crippen LogP contribution is -2.09. The Kier molecular flexibility index (Phi) is 5.28. The maximum Gasteiger partial charge on any atom is 0.346 e. The van der Waals surface area contributed by atoms with Crippen molar-refractivity contribution >= 4 is 17.3 Å². The molecule has 0 amide bonds. The first kappa shape index (κ1) is 13.0. The van der Waals surface area contributed by atoms with E-state index in [4.69, 9.17) is 14.6 Å². The zero-order chi connectivity index (χ0) is 12.0. The molecule has 0 saturated heterocycles. The van der Waals surface area contributed by atoms with Gasteiger partial charge in [0.15, 0.2) is 0 Å². The molecule has 16 heavy (non-hydrogen) atoms. The van der Waals surface area contributed by atoms with Gasteiger partial charge in [-0.3, -0.25) is 0 Å². The van der Waals surface area contributed by atoms with E-state index < -0.39 is 5.97 Å². The van der Waals surface area contributed by atoms with Crippen LogP contribution in [0.3, 0.4) is 0 Å². The molecule has 1 heterocycles. The fraction of sp³-hybridized carbons (Fsp3) is 0.545. The molecule has 0 bridgehead atoms. The molecule has 0 radical (unpaired) electrons. The SMILES string of the molecule is CC(C)COCCOc1csc(C(=O)O)c1. The number of ether oxygens (including phenoxy) is 2. The fourth-order valence-electron chi connectivity index (χ4n) is 1.04. The van der Waals surface area contributed by atoms with Crippen LogP contribution < -0.4 is 4.74 Å². The molecular formula is C11H16O4S. The molecule has 0 atom stereocenters. The Labute approximate surface area is 98.8 Å². The maximum atomic E-state index is 10.6. The monoisotopic (exact) mass is 244 g/mol. The van der Waals surface area contributed by atoms with Crippen LogP contribution in [0, 0.1) is 5.92 Å². The third-order valence-electron chi connectivity index (χ3n) is 1.73. The van der Waals surface area contributed by atoms with Crippen LogP contribution >= 0.6 is 11.3 Å². The molecular weight excluding hydrogens is 228 g/mol. The van der Waals surface area contributed by atoms with Gasteiger partial charge in [0.05, 0.1) is 6.61 Å². The summed E-state index contributed by atoms with van der Waals surface area (Å²) in [4.78, 5) is 10.9. The van der Waals surface area contributed by atoms with Crippen molar-refractivity contribution in [1.29, 1.82) is 0 Å². The van der Waals surface area contributed by atoms with Gasteiger partial charge in [-0.2, -0.15) is 0 Å². The van der Waals surface area contributed by atoms with E-state index in [1.807, 2.05) is 0 Å². The number of hydrogen-bond donors (Lipinski definition) is 1. The Morgan fingerprint density at radius 2 is 2.25 bits per heavy atom. The molecule has 1 N–H and O–H groups in total. The first-order valence-electron chi connectivity index (χ1n) is 5.12. The van der Waals surface area contributed by atoms with Gasteiger partial charge in [-0.25, -0.2) is 4.79 Å². The topological polar surface area (TPSA) is 55.8 Å². The van der Waals surface area contributed by atoms with Crippen molar-refractivity contribution in [1.82, 2.24) is 0 Å². The summed E-state index contributed by atoms with van der Waals surface area (Å²) in [5, 5.41) is 10.4. The van der Waals surface area contributed by atoms with E-state index in [0.717, 1.165) is 11.3 Å². The summed E-state index contributed by atoms with van der Waals surface area (Å²) in [5.74, 6) is 0.186. The summed E-state index contributed by atoms with van der Waals surface area (Å²) in [6.07, 6.45) is 0.